The topological polar surface area (TPSA) is 78.3 Å². The maximum atomic E-state index is 12.9. The van der Waals surface area contributed by atoms with E-state index in [2.05, 4.69) is 16.0 Å². The quantitative estimate of drug-likeness (QED) is 0.610. The van der Waals surface area contributed by atoms with Gasteiger partial charge in [-0.25, -0.2) is 9.18 Å². The number of nitrogens with zero attached hydrogens (tertiary/aromatic N) is 2. The number of aromatic amines is 1. The number of hydrogen-bond acceptors (Lipinski definition) is 4. The van der Waals surface area contributed by atoms with Gasteiger partial charge in [0.25, 0.3) is 0 Å². The fourth-order valence-electron chi connectivity index (χ4n) is 3.69. The molecule has 6 nitrogen and oxygen atoms in total. The monoisotopic (exact) mass is 411 g/mol. The van der Waals surface area contributed by atoms with Crippen molar-refractivity contribution in [1.82, 2.24) is 14.5 Å². The van der Waals surface area contributed by atoms with Crippen LogP contribution in [0.2, 0.25) is 0 Å². The lowest BCUT2D eigenvalue weighted by Gasteiger charge is -2.26. The molecular formula is C23H26FN3O3. The van der Waals surface area contributed by atoms with Gasteiger partial charge in [0.15, 0.2) is 5.78 Å². The van der Waals surface area contributed by atoms with E-state index < -0.39 is 0 Å². The molecule has 0 saturated heterocycles. The standard InChI is InChI=1S/C22H22FN3O2.CH4O/c23-17-9-7-16(8-10-17)21(27)6-3-13-25-14-11-18(12-15-25)26-20-5-2-1-4-19(20)24-22(26)28;1-2/h1-2,4-5,7-11H,3,6,12-15H2,(H,24,28);2H,1H3. The number of benzene rings is 2. The number of hydrogen-bond donors (Lipinski definition) is 2. The Balaban J connectivity index is 0.00000124. The fraction of sp³-hybridized carbons (Fsp3) is 0.304. The molecule has 2 aromatic carbocycles. The molecule has 0 atom stereocenters. The lowest BCUT2D eigenvalue weighted by atomic mass is 10.1. The first-order valence-electron chi connectivity index (χ1n) is 9.97. The summed E-state index contributed by atoms with van der Waals surface area (Å²) in [6.45, 7) is 2.42. The average molecular weight is 411 g/mol. The van der Waals surface area contributed by atoms with Crippen molar-refractivity contribution >= 4 is 22.5 Å². The largest absolute Gasteiger partial charge is 0.400 e. The molecule has 0 fully saturated rings. The summed E-state index contributed by atoms with van der Waals surface area (Å²) in [6, 6.07) is 13.4. The second kappa shape index (κ2) is 10.1. The van der Waals surface area contributed by atoms with E-state index in [-0.39, 0.29) is 17.3 Å². The second-order valence-electron chi connectivity index (χ2n) is 7.06. The number of nitrogens with one attached hydrogen (secondary N) is 1. The van der Waals surface area contributed by atoms with Gasteiger partial charge in [-0.1, -0.05) is 18.2 Å². The van der Waals surface area contributed by atoms with Crippen molar-refractivity contribution in [3.63, 3.8) is 0 Å². The number of H-pyrrole nitrogens is 1. The van der Waals surface area contributed by atoms with Crippen molar-refractivity contribution in [2.45, 2.75) is 19.3 Å². The van der Waals surface area contributed by atoms with Crippen LogP contribution in [-0.2, 0) is 0 Å². The summed E-state index contributed by atoms with van der Waals surface area (Å²) in [7, 11) is 1.00. The van der Waals surface area contributed by atoms with Gasteiger partial charge in [0.1, 0.15) is 5.82 Å². The van der Waals surface area contributed by atoms with Crippen molar-refractivity contribution in [1.29, 1.82) is 0 Å². The van der Waals surface area contributed by atoms with Crippen LogP contribution in [0.1, 0.15) is 29.6 Å². The van der Waals surface area contributed by atoms with Crippen LogP contribution in [0, 0.1) is 5.82 Å². The third kappa shape index (κ3) is 4.93. The summed E-state index contributed by atoms with van der Waals surface area (Å²) < 4.78 is 14.7. The molecule has 0 unspecified atom stereocenters. The number of aliphatic hydroxyl groups is 1. The van der Waals surface area contributed by atoms with Gasteiger partial charge in [-0.2, -0.15) is 0 Å². The first kappa shape index (κ1) is 21.7. The Morgan fingerprint density at radius 3 is 2.57 bits per heavy atom. The van der Waals surface area contributed by atoms with Crippen LogP contribution in [0.15, 0.2) is 59.4 Å². The van der Waals surface area contributed by atoms with E-state index in [1.807, 2.05) is 24.3 Å². The first-order chi connectivity index (χ1) is 14.6. The zero-order valence-corrected chi connectivity index (χ0v) is 17.0. The number of carbonyl (C=O) groups is 1. The molecule has 1 aliphatic heterocycles. The van der Waals surface area contributed by atoms with E-state index in [1.54, 1.807) is 4.57 Å². The van der Waals surface area contributed by atoms with Crippen LogP contribution >= 0.6 is 0 Å². The highest BCUT2D eigenvalue weighted by Crippen LogP contribution is 2.20. The van der Waals surface area contributed by atoms with E-state index in [9.17, 15) is 14.0 Å². The number of fused-ring (bicyclic) bond motifs is 1. The highest BCUT2D eigenvalue weighted by molar-refractivity contribution is 5.95. The van der Waals surface area contributed by atoms with Gasteiger partial charge in [0.05, 0.1) is 11.0 Å². The van der Waals surface area contributed by atoms with E-state index >= 15 is 0 Å². The summed E-state index contributed by atoms with van der Waals surface area (Å²) in [5.74, 6) is -0.291. The zero-order valence-electron chi connectivity index (χ0n) is 17.0. The zero-order chi connectivity index (χ0) is 21.5. The Bertz CT molecular complexity index is 1080. The van der Waals surface area contributed by atoms with E-state index in [1.165, 1.54) is 24.3 Å². The number of para-hydroxylation sites is 2. The highest BCUT2D eigenvalue weighted by atomic mass is 19.1. The van der Waals surface area contributed by atoms with E-state index in [4.69, 9.17) is 5.11 Å². The van der Waals surface area contributed by atoms with Gasteiger partial charge < -0.3 is 10.1 Å². The lowest BCUT2D eigenvalue weighted by Crippen LogP contribution is -2.32. The molecule has 0 spiro atoms. The molecule has 0 bridgehead atoms. The molecule has 4 rings (SSSR count). The Morgan fingerprint density at radius 2 is 1.87 bits per heavy atom. The summed E-state index contributed by atoms with van der Waals surface area (Å²) >= 11 is 0. The van der Waals surface area contributed by atoms with Crippen molar-refractivity contribution in [3.8, 4) is 0 Å². The molecule has 30 heavy (non-hydrogen) atoms. The van der Waals surface area contributed by atoms with Crippen LogP contribution < -0.4 is 5.69 Å². The van der Waals surface area contributed by atoms with Crippen LogP contribution in [0.3, 0.4) is 0 Å². The third-order valence-corrected chi connectivity index (χ3v) is 5.19. The minimum absolute atomic E-state index is 0.0404. The summed E-state index contributed by atoms with van der Waals surface area (Å²) in [6.07, 6.45) is 4.08. The predicted molar refractivity (Wildman–Crippen MR) is 116 cm³/mol. The Labute approximate surface area is 174 Å². The van der Waals surface area contributed by atoms with Crippen LogP contribution in [0.25, 0.3) is 16.7 Å². The first-order valence-corrected chi connectivity index (χ1v) is 9.97. The summed E-state index contributed by atoms with van der Waals surface area (Å²) in [4.78, 5) is 29.7. The number of carbonyl (C=O) groups excluding carboxylic acids is 1. The molecule has 1 aromatic heterocycles. The van der Waals surface area contributed by atoms with Crippen molar-refractivity contribution in [2.75, 3.05) is 26.7 Å². The highest BCUT2D eigenvalue weighted by Gasteiger charge is 2.17. The summed E-state index contributed by atoms with van der Waals surface area (Å²) in [5, 5.41) is 7.00. The maximum Gasteiger partial charge on any atom is 0.330 e. The Morgan fingerprint density at radius 1 is 1.13 bits per heavy atom. The third-order valence-electron chi connectivity index (χ3n) is 5.19. The molecule has 0 amide bonds. The van der Waals surface area contributed by atoms with Gasteiger partial charge in [-0.15, -0.1) is 0 Å². The summed E-state index contributed by atoms with van der Waals surface area (Å²) in [5.41, 5.74) is 3.21. The Kier molecular flexibility index (Phi) is 7.32. The van der Waals surface area contributed by atoms with Gasteiger partial charge in [-0.05, 0) is 49.4 Å². The molecule has 0 radical (unpaired) electrons. The van der Waals surface area contributed by atoms with Crippen molar-refractivity contribution in [3.05, 3.63) is 76.5 Å². The number of halogens is 1. The normalized spacial score (nSPS) is 14.2. The molecule has 7 heteroatoms. The molecule has 2 heterocycles. The molecular weight excluding hydrogens is 385 g/mol. The number of imidazole rings is 1. The smallest absolute Gasteiger partial charge is 0.330 e. The second-order valence-corrected chi connectivity index (χ2v) is 7.06. The van der Waals surface area contributed by atoms with Crippen LogP contribution in [-0.4, -0.2) is 52.1 Å². The number of aliphatic hydroxyl groups excluding tert-OH is 1. The lowest BCUT2D eigenvalue weighted by molar-refractivity contribution is 0.0975. The van der Waals surface area contributed by atoms with Gasteiger partial charge in [0.2, 0.25) is 0 Å². The van der Waals surface area contributed by atoms with Gasteiger partial charge in [-0.3, -0.25) is 14.3 Å². The Hall–Kier alpha value is -3.03. The van der Waals surface area contributed by atoms with E-state index in [0.717, 1.165) is 56.3 Å². The maximum absolute atomic E-state index is 12.9. The average Bonchev–Trinajstić information content (AvgIpc) is 3.12. The molecule has 1 aliphatic rings. The number of Topliss-reactive ketones (excluding diaryl/α,β-unsaturated/α-hetero) is 1. The number of ketones is 1. The number of rotatable bonds is 6. The number of aromatic nitrogens is 2. The molecule has 2 N–H and O–H groups in total. The fourth-order valence-corrected chi connectivity index (χ4v) is 3.69. The predicted octanol–water partition coefficient (Wildman–Crippen LogP) is 3.29. The molecule has 0 aliphatic carbocycles. The molecule has 158 valence electrons. The molecule has 0 saturated carbocycles. The van der Waals surface area contributed by atoms with Crippen LogP contribution in [0.5, 0.6) is 0 Å². The molecule has 3 aromatic rings. The minimum atomic E-state index is -0.332. The van der Waals surface area contributed by atoms with Gasteiger partial charge >= 0.3 is 5.69 Å². The van der Waals surface area contributed by atoms with Crippen molar-refractivity contribution in [2.24, 2.45) is 0 Å². The van der Waals surface area contributed by atoms with Gasteiger partial charge in [0, 0.05) is 44.3 Å². The van der Waals surface area contributed by atoms with Crippen LogP contribution in [0.4, 0.5) is 4.39 Å². The van der Waals surface area contributed by atoms with E-state index in [0.29, 0.717) is 12.0 Å². The SMILES string of the molecule is CO.O=C(CCCN1CC=C(n2c(=O)[nH]c3ccccc32)CC1)c1ccc(F)cc1. The minimum Gasteiger partial charge on any atom is -0.400 e. The van der Waals surface area contributed by atoms with Crippen molar-refractivity contribution < 1.29 is 14.3 Å².